The molecule has 1 aliphatic heterocycles. The number of aromatic nitrogens is 2. The van der Waals surface area contributed by atoms with Crippen LogP contribution < -0.4 is 5.32 Å². The molecular weight excluding hydrogens is 290 g/mol. The van der Waals surface area contributed by atoms with Crippen LogP contribution in [-0.2, 0) is 14.6 Å². The smallest absolute Gasteiger partial charge is 0.277 e. The SMILES string of the molecule is CNC(=O)[C@@H](C)Sc1nnc([C@H]2CCS(=O)(=O)C2)o1. The normalized spacial score (nSPS) is 23.2. The van der Waals surface area contributed by atoms with Crippen molar-refractivity contribution in [2.24, 2.45) is 0 Å². The standard InChI is InChI=1S/C10H15N3O4S2/c1-6(8(14)11-2)18-10-13-12-9(17-10)7-3-4-19(15,16)5-7/h6-7H,3-5H2,1-2H3,(H,11,14)/t6-,7+/m1/s1. The molecule has 1 N–H and O–H groups in total. The van der Waals surface area contributed by atoms with E-state index >= 15 is 0 Å². The third-order valence-corrected chi connectivity index (χ3v) is 5.60. The largest absolute Gasteiger partial charge is 0.416 e. The molecule has 0 unspecified atom stereocenters. The van der Waals surface area contributed by atoms with E-state index in [-0.39, 0.29) is 33.8 Å². The Labute approximate surface area is 115 Å². The topological polar surface area (TPSA) is 102 Å². The molecule has 1 aromatic rings. The number of carbonyl (C=O) groups excluding carboxylic acids is 1. The van der Waals surface area contributed by atoms with Crippen molar-refractivity contribution >= 4 is 27.5 Å². The number of amides is 1. The number of sulfone groups is 1. The molecule has 0 spiro atoms. The average Bonchev–Trinajstić information content (AvgIpc) is 2.94. The Morgan fingerprint density at radius 3 is 2.84 bits per heavy atom. The van der Waals surface area contributed by atoms with Gasteiger partial charge in [-0.25, -0.2) is 8.42 Å². The zero-order chi connectivity index (χ0) is 14.0. The molecular formula is C10H15N3O4S2. The summed E-state index contributed by atoms with van der Waals surface area (Å²) < 4.78 is 28.2. The molecule has 0 saturated carbocycles. The van der Waals surface area contributed by atoms with E-state index in [1.54, 1.807) is 14.0 Å². The molecule has 1 fully saturated rings. The van der Waals surface area contributed by atoms with Crippen molar-refractivity contribution in [1.82, 2.24) is 15.5 Å². The summed E-state index contributed by atoms with van der Waals surface area (Å²) in [5.41, 5.74) is 0. The van der Waals surface area contributed by atoms with Gasteiger partial charge in [-0.2, -0.15) is 0 Å². The van der Waals surface area contributed by atoms with Gasteiger partial charge >= 0.3 is 0 Å². The molecule has 106 valence electrons. The number of hydrogen-bond donors (Lipinski definition) is 1. The van der Waals surface area contributed by atoms with Crippen molar-refractivity contribution in [3.8, 4) is 0 Å². The fourth-order valence-electron chi connectivity index (χ4n) is 1.83. The number of nitrogens with zero attached hydrogens (tertiary/aromatic N) is 2. The van der Waals surface area contributed by atoms with Crippen molar-refractivity contribution in [2.45, 2.75) is 29.7 Å². The van der Waals surface area contributed by atoms with Crippen LogP contribution in [-0.4, -0.2) is 48.3 Å². The van der Waals surface area contributed by atoms with Gasteiger partial charge in [0.1, 0.15) is 0 Å². The Morgan fingerprint density at radius 2 is 2.26 bits per heavy atom. The lowest BCUT2D eigenvalue weighted by Gasteiger charge is -2.05. The first-order valence-corrected chi connectivity index (χ1v) is 8.53. The van der Waals surface area contributed by atoms with Crippen molar-refractivity contribution in [3.63, 3.8) is 0 Å². The fraction of sp³-hybridized carbons (Fsp3) is 0.700. The molecule has 2 heterocycles. The highest BCUT2D eigenvalue weighted by atomic mass is 32.2. The molecule has 2 rings (SSSR count). The molecule has 1 aliphatic rings. The second-order valence-corrected chi connectivity index (χ2v) is 7.90. The van der Waals surface area contributed by atoms with E-state index in [9.17, 15) is 13.2 Å². The molecule has 0 aliphatic carbocycles. The zero-order valence-corrected chi connectivity index (χ0v) is 12.3. The third kappa shape index (κ3) is 3.47. The molecule has 0 aromatic carbocycles. The monoisotopic (exact) mass is 305 g/mol. The minimum Gasteiger partial charge on any atom is -0.416 e. The molecule has 1 amide bonds. The second-order valence-electron chi connectivity index (χ2n) is 4.38. The summed E-state index contributed by atoms with van der Waals surface area (Å²) in [6.45, 7) is 1.73. The molecule has 9 heteroatoms. The summed E-state index contributed by atoms with van der Waals surface area (Å²) in [6, 6.07) is 0. The predicted molar refractivity (Wildman–Crippen MR) is 69.7 cm³/mol. The van der Waals surface area contributed by atoms with E-state index in [1.807, 2.05) is 0 Å². The quantitative estimate of drug-likeness (QED) is 0.793. The molecule has 0 bridgehead atoms. The summed E-state index contributed by atoms with van der Waals surface area (Å²) in [5, 5.41) is 10.2. The Balaban J connectivity index is 2.02. The van der Waals surface area contributed by atoms with E-state index in [4.69, 9.17) is 4.42 Å². The first kappa shape index (κ1) is 14.3. The summed E-state index contributed by atoms with van der Waals surface area (Å²) in [6.07, 6.45) is 0.514. The van der Waals surface area contributed by atoms with Gasteiger partial charge in [-0.3, -0.25) is 4.79 Å². The van der Waals surface area contributed by atoms with Crippen molar-refractivity contribution in [2.75, 3.05) is 18.6 Å². The van der Waals surface area contributed by atoms with Crippen LogP contribution in [0.4, 0.5) is 0 Å². The van der Waals surface area contributed by atoms with Gasteiger partial charge in [0.2, 0.25) is 11.8 Å². The number of hydrogen-bond acceptors (Lipinski definition) is 7. The van der Waals surface area contributed by atoms with Crippen LogP contribution in [0.2, 0.25) is 0 Å². The molecule has 1 aromatic heterocycles. The lowest BCUT2D eigenvalue weighted by molar-refractivity contribution is -0.119. The minimum atomic E-state index is -2.97. The van der Waals surface area contributed by atoms with Crippen molar-refractivity contribution < 1.29 is 17.6 Å². The van der Waals surface area contributed by atoms with E-state index < -0.39 is 9.84 Å². The van der Waals surface area contributed by atoms with Gasteiger partial charge in [-0.1, -0.05) is 11.8 Å². The highest BCUT2D eigenvalue weighted by Crippen LogP contribution is 2.30. The lowest BCUT2D eigenvalue weighted by Crippen LogP contribution is -2.27. The Hall–Kier alpha value is -1.09. The highest BCUT2D eigenvalue weighted by molar-refractivity contribution is 8.00. The van der Waals surface area contributed by atoms with E-state index in [0.29, 0.717) is 12.3 Å². The lowest BCUT2D eigenvalue weighted by atomic mass is 10.1. The van der Waals surface area contributed by atoms with Crippen LogP contribution in [0.3, 0.4) is 0 Å². The number of thioether (sulfide) groups is 1. The number of carbonyl (C=O) groups is 1. The van der Waals surface area contributed by atoms with E-state index in [2.05, 4.69) is 15.5 Å². The molecule has 7 nitrogen and oxygen atoms in total. The predicted octanol–water partition coefficient (Wildman–Crippen LogP) is 0.198. The maximum atomic E-state index is 11.4. The molecule has 0 radical (unpaired) electrons. The summed E-state index contributed by atoms with van der Waals surface area (Å²) in [4.78, 5) is 11.4. The molecule has 19 heavy (non-hydrogen) atoms. The van der Waals surface area contributed by atoms with Gasteiger partial charge in [-0.15, -0.1) is 10.2 Å². The van der Waals surface area contributed by atoms with Gasteiger partial charge in [0.05, 0.1) is 22.7 Å². The van der Waals surface area contributed by atoms with Gasteiger partial charge in [-0.05, 0) is 13.3 Å². The van der Waals surface area contributed by atoms with Crippen LogP contribution in [0.15, 0.2) is 9.64 Å². The van der Waals surface area contributed by atoms with E-state index in [1.165, 1.54) is 0 Å². The number of rotatable bonds is 4. The van der Waals surface area contributed by atoms with Gasteiger partial charge < -0.3 is 9.73 Å². The van der Waals surface area contributed by atoms with Gasteiger partial charge in [0.25, 0.3) is 5.22 Å². The summed E-state index contributed by atoms with van der Waals surface area (Å²) in [7, 11) is -1.42. The maximum Gasteiger partial charge on any atom is 0.277 e. The van der Waals surface area contributed by atoms with Crippen molar-refractivity contribution in [3.05, 3.63) is 5.89 Å². The van der Waals surface area contributed by atoms with E-state index in [0.717, 1.165) is 11.8 Å². The van der Waals surface area contributed by atoms with Gasteiger partial charge in [0, 0.05) is 7.05 Å². The zero-order valence-electron chi connectivity index (χ0n) is 10.6. The van der Waals surface area contributed by atoms with Crippen molar-refractivity contribution in [1.29, 1.82) is 0 Å². The summed E-state index contributed by atoms with van der Waals surface area (Å²) >= 11 is 1.15. The highest BCUT2D eigenvalue weighted by Gasteiger charge is 2.33. The maximum absolute atomic E-state index is 11.4. The Bertz CT molecular complexity index is 569. The minimum absolute atomic E-state index is 0.0598. The van der Waals surface area contributed by atoms with Crippen LogP contribution in [0, 0.1) is 0 Å². The molecule has 1 saturated heterocycles. The Kier molecular flexibility index (Phi) is 4.14. The van der Waals surface area contributed by atoms with Gasteiger partial charge in [0.15, 0.2) is 9.84 Å². The fourth-order valence-corrected chi connectivity index (χ4v) is 4.31. The Morgan fingerprint density at radius 1 is 1.53 bits per heavy atom. The summed E-state index contributed by atoms with van der Waals surface area (Å²) in [5.74, 6) is 0.213. The first-order valence-electron chi connectivity index (χ1n) is 5.83. The van der Waals surface area contributed by atoms with Crippen LogP contribution in [0.25, 0.3) is 0 Å². The third-order valence-electron chi connectivity index (χ3n) is 2.90. The molecule has 2 atom stereocenters. The van der Waals surface area contributed by atoms with Crippen LogP contribution >= 0.6 is 11.8 Å². The average molecular weight is 305 g/mol. The van der Waals surface area contributed by atoms with Crippen LogP contribution in [0.5, 0.6) is 0 Å². The number of nitrogens with one attached hydrogen (secondary N) is 1. The first-order chi connectivity index (χ1) is 8.91. The van der Waals surface area contributed by atoms with Crippen LogP contribution in [0.1, 0.15) is 25.2 Å². The second kappa shape index (κ2) is 5.49.